The average Bonchev–Trinajstić information content (AvgIpc) is 2.17. The molecule has 0 spiro atoms. The van der Waals surface area contributed by atoms with Crippen LogP contribution in [0.1, 0.15) is 20.7 Å². The van der Waals surface area contributed by atoms with Crippen LogP contribution in [0.4, 0.5) is 0 Å². The Morgan fingerprint density at radius 2 is 1.24 bits per heavy atom. The average molecular weight is 282 g/mol. The maximum Gasteiger partial charge on any atom is 5.00 e. The first kappa shape index (κ1) is 18.0. The molecule has 0 unspecified atom stereocenters. The van der Waals surface area contributed by atoms with Gasteiger partial charge in [-0.15, -0.1) is 0 Å². The van der Waals surface area contributed by atoms with Crippen molar-refractivity contribution in [3.8, 4) is 0 Å². The van der Waals surface area contributed by atoms with Gasteiger partial charge in [-0.25, -0.2) is 0 Å². The van der Waals surface area contributed by atoms with Crippen LogP contribution in [0.2, 0.25) is 0 Å². The van der Waals surface area contributed by atoms with Gasteiger partial charge in [0.25, 0.3) is 0 Å². The molecule has 0 aromatic heterocycles. The van der Waals surface area contributed by atoms with Crippen LogP contribution in [0.5, 0.6) is 0 Å². The molecule has 0 aliphatic carbocycles. The number of hydrogen-bond donors (Lipinski definition) is 0. The van der Waals surface area contributed by atoms with Crippen molar-refractivity contribution in [2.24, 2.45) is 0 Å². The first-order valence-electron chi connectivity index (χ1n) is 3.84. The topological polar surface area (TPSA) is 149 Å². The van der Waals surface area contributed by atoms with E-state index < -0.39 is 19.3 Å². The second-order valence-corrected chi connectivity index (χ2v) is 2.44. The van der Waals surface area contributed by atoms with E-state index in [0.717, 1.165) is 6.07 Å². The van der Waals surface area contributed by atoms with E-state index in [2.05, 4.69) is 0 Å². The SMILES string of the molecule is O=C([O-])c1cccc(C(=O)[O-])c1.[Co+5].[O-]B([O-])[O-]. The fourth-order valence-corrected chi connectivity index (χ4v) is 0.773. The van der Waals surface area contributed by atoms with E-state index in [9.17, 15) is 19.8 Å². The molecule has 0 N–H and O–H groups in total. The summed E-state index contributed by atoms with van der Waals surface area (Å²) in [6.45, 7) is 0. The summed E-state index contributed by atoms with van der Waals surface area (Å²) in [5.74, 6) is -2.81. The Balaban J connectivity index is 0. The summed E-state index contributed by atoms with van der Waals surface area (Å²) in [5.41, 5.74) is -0.339. The Morgan fingerprint density at radius 1 is 0.941 bits per heavy atom. The Bertz CT molecular complexity index is 350. The van der Waals surface area contributed by atoms with Crippen molar-refractivity contribution in [3.05, 3.63) is 35.4 Å². The van der Waals surface area contributed by atoms with Crippen molar-refractivity contribution in [2.75, 3.05) is 0 Å². The molecule has 17 heavy (non-hydrogen) atoms. The fourth-order valence-electron chi connectivity index (χ4n) is 0.773. The van der Waals surface area contributed by atoms with E-state index in [1.165, 1.54) is 18.2 Å². The molecule has 0 saturated heterocycles. The standard InChI is InChI=1S/C8H6O4.BO3.Co/c9-7(10)5-2-1-3-6(4-5)8(11)12;2-1(3)4;/h1-4H,(H,9,10)(H,11,12);;/q;-3;+5/p-2. The smallest absolute Gasteiger partial charge is 0.907 e. The van der Waals surface area contributed by atoms with E-state index >= 15 is 0 Å². The number of hydrogen-bond acceptors (Lipinski definition) is 7. The number of rotatable bonds is 2. The maximum absolute atomic E-state index is 10.3. The first-order chi connectivity index (χ1) is 7.34. The van der Waals surface area contributed by atoms with Crippen molar-refractivity contribution in [3.63, 3.8) is 0 Å². The van der Waals surface area contributed by atoms with Gasteiger partial charge < -0.3 is 34.9 Å². The van der Waals surface area contributed by atoms with Crippen LogP contribution in [-0.2, 0) is 16.8 Å². The summed E-state index contributed by atoms with van der Waals surface area (Å²) in [4.78, 5) is 20.5. The molecule has 1 aromatic rings. The van der Waals surface area contributed by atoms with Crippen molar-refractivity contribution in [1.82, 2.24) is 0 Å². The van der Waals surface area contributed by atoms with E-state index in [1.807, 2.05) is 0 Å². The third kappa shape index (κ3) is 8.42. The Morgan fingerprint density at radius 3 is 1.47 bits per heavy atom. The summed E-state index contributed by atoms with van der Waals surface area (Å²) in [7, 11) is -2.92. The summed E-state index contributed by atoms with van der Waals surface area (Å²) in [6.07, 6.45) is 0. The van der Waals surface area contributed by atoms with Gasteiger partial charge in [0.1, 0.15) is 0 Å². The minimum atomic E-state index is -2.92. The van der Waals surface area contributed by atoms with Gasteiger partial charge in [0, 0.05) is 0 Å². The van der Waals surface area contributed by atoms with Crippen molar-refractivity contribution >= 4 is 19.3 Å². The van der Waals surface area contributed by atoms with Crippen molar-refractivity contribution in [2.45, 2.75) is 0 Å². The van der Waals surface area contributed by atoms with Crippen LogP contribution in [0.25, 0.3) is 0 Å². The quantitative estimate of drug-likeness (QED) is 0.491. The molecular formula is C8H4BCoO7. The molecule has 7 nitrogen and oxygen atoms in total. The van der Waals surface area contributed by atoms with Gasteiger partial charge in [-0.05, 0) is 17.2 Å². The van der Waals surface area contributed by atoms with E-state index in [1.54, 1.807) is 0 Å². The van der Waals surface area contributed by atoms with E-state index in [0.29, 0.717) is 0 Å². The normalized spacial score (nSPS) is 8.18. The monoisotopic (exact) mass is 282 g/mol. The summed E-state index contributed by atoms with van der Waals surface area (Å²) in [5, 5.41) is 45.8. The second-order valence-electron chi connectivity index (χ2n) is 2.44. The zero-order chi connectivity index (χ0) is 12.7. The molecule has 0 atom stereocenters. The van der Waals surface area contributed by atoms with Gasteiger partial charge in [-0.3, -0.25) is 7.32 Å². The van der Waals surface area contributed by atoms with Crippen LogP contribution in [-0.4, -0.2) is 19.3 Å². The van der Waals surface area contributed by atoms with Gasteiger partial charge in [0.2, 0.25) is 0 Å². The summed E-state index contributed by atoms with van der Waals surface area (Å²) in [6, 6.07) is 4.81. The van der Waals surface area contributed by atoms with E-state index in [-0.39, 0.29) is 27.9 Å². The molecule has 90 valence electrons. The van der Waals surface area contributed by atoms with Gasteiger partial charge in [0.15, 0.2) is 0 Å². The zero-order valence-corrected chi connectivity index (χ0v) is 9.12. The minimum Gasteiger partial charge on any atom is -0.907 e. The second kappa shape index (κ2) is 8.73. The van der Waals surface area contributed by atoms with Crippen LogP contribution in [0.15, 0.2) is 24.3 Å². The molecule has 0 aliphatic heterocycles. The summed E-state index contributed by atoms with van der Waals surface area (Å²) >= 11 is 0. The molecule has 1 rings (SSSR count). The Hall–Kier alpha value is -1.39. The fraction of sp³-hybridized carbons (Fsp3) is 0. The predicted octanol–water partition coefficient (Wildman–Crippen LogP) is -5.54. The third-order valence-electron chi connectivity index (χ3n) is 1.33. The number of carboxylic acid groups (broad SMARTS) is 2. The largest absolute Gasteiger partial charge is 5.00 e. The number of benzene rings is 1. The van der Waals surface area contributed by atoms with Crippen LogP contribution in [0, 0.1) is 0 Å². The maximum atomic E-state index is 10.3. The first-order valence-corrected chi connectivity index (χ1v) is 3.84. The minimum absolute atomic E-state index is 0. The van der Waals surface area contributed by atoms with Crippen molar-refractivity contribution in [1.29, 1.82) is 0 Å². The molecule has 0 aliphatic rings. The zero-order valence-electron chi connectivity index (χ0n) is 8.08. The number of carbonyl (C=O) groups excluding carboxylic acids is 2. The van der Waals surface area contributed by atoms with Crippen LogP contribution in [0.3, 0.4) is 0 Å². The molecule has 0 saturated carbocycles. The molecule has 0 bridgehead atoms. The van der Waals surface area contributed by atoms with Crippen LogP contribution >= 0.6 is 0 Å². The van der Waals surface area contributed by atoms with Gasteiger partial charge in [-0.2, -0.15) is 0 Å². The molecule has 0 fully saturated rings. The van der Waals surface area contributed by atoms with Gasteiger partial charge in [0.05, 0.1) is 11.9 Å². The van der Waals surface area contributed by atoms with Gasteiger partial charge in [-0.1, -0.05) is 18.2 Å². The van der Waals surface area contributed by atoms with E-state index in [4.69, 9.17) is 15.1 Å². The number of carbonyl (C=O) groups is 2. The predicted molar refractivity (Wildman–Crippen MR) is 40.9 cm³/mol. The van der Waals surface area contributed by atoms with Crippen LogP contribution < -0.4 is 25.3 Å². The number of carboxylic acids is 2. The summed E-state index contributed by atoms with van der Waals surface area (Å²) < 4.78 is 0. The molecule has 9 heteroatoms. The molecule has 1 aromatic carbocycles. The molecule has 0 amide bonds. The Kier molecular flexibility index (Phi) is 9.24. The molecular weight excluding hydrogens is 278 g/mol. The molecule has 0 heterocycles. The number of aromatic carboxylic acids is 2. The molecule has 0 radical (unpaired) electrons. The Labute approximate surface area is 107 Å². The van der Waals surface area contributed by atoms with Crippen molar-refractivity contribution < 1.29 is 51.7 Å². The third-order valence-corrected chi connectivity index (χ3v) is 1.33. The van der Waals surface area contributed by atoms with Gasteiger partial charge >= 0.3 is 16.8 Å².